The molecule has 0 aliphatic carbocycles. The lowest BCUT2D eigenvalue weighted by molar-refractivity contribution is -0.147. The van der Waals surface area contributed by atoms with E-state index >= 15 is 0 Å². The lowest BCUT2D eigenvalue weighted by Crippen LogP contribution is -2.34. The highest BCUT2D eigenvalue weighted by Crippen LogP contribution is 2.18. The van der Waals surface area contributed by atoms with Gasteiger partial charge in [0.1, 0.15) is 12.4 Å². The van der Waals surface area contributed by atoms with E-state index < -0.39 is 40.9 Å². The fourth-order valence-electron chi connectivity index (χ4n) is 2.37. The number of aryl methyl sites for hydroxylation is 2. The maximum atomic E-state index is 12.9. The van der Waals surface area contributed by atoms with Crippen molar-refractivity contribution >= 4 is 27.6 Å². The number of hydrogen-bond acceptors (Lipinski definition) is 6. The molecule has 0 saturated heterocycles. The summed E-state index contributed by atoms with van der Waals surface area (Å²) in [6.45, 7) is 2.33. The Labute approximate surface area is 162 Å². The molecule has 0 bridgehead atoms. The number of aromatic nitrogens is 2. The van der Waals surface area contributed by atoms with Crippen molar-refractivity contribution in [3.63, 3.8) is 0 Å². The van der Waals surface area contributed by atoms with Gasteiger partial charge in [-0.15, -0.1) is 0 Å². The largest absolute Gasteiger partial charge is 0.455 e. The van der Waals surface area contributed by atoms with Gasteiger partial charge in [-0.3, -0.25) is 14.3 Å². The Morgan fingerprint density at radius 2 is 1.86 bits per heavy atom. The number of sulfonamides is 1. The molecule has 9 nitrogen and oxygen atoms in total. The van der Waals surface area contributed by atoms with E-state index in [2.05, 4.69) is 10.4 Å². The molecule has 1 N–H and O–H groups in total. The maximum Gasteiger partial charge on any atom is 0.321 e. The lowest BCUT2D eigenvalue weighted by Gasteiger charge is -2.16. The number of benzene rings is 1. The minimum atomic E-state index is -3.99. The van der Waals surface area contributed by atoms with E-state index in [1.54, 1.807) is 25.6 Å². The number of nitrogens with zero attached hydrogens (tertiary/aromatic N) is 3. The van der Waals surface area contributed by atoms with Gasteiger partial charge in [0, 0.05) is 14.1 Å². The van der Waals surface area contributed by atoms with E-state index in [-0.39, 0.29) is 4.90 Å². The first-order chi connectivity index (χ1) is 13.0. The number of rotatable bonds is 7. The van der Waals surface area contributed by atoms with Crippen molar-refractivity contribution in [3.05, 3.63) is 41.5 Å². The van der Waals surface area contributed by atoms with E-state index in [9.17, 15) is 22.4 Å². The van der Waals surface area contributed by atoms with E-state index in [4.69, 9.17) is 4.74 Å². The first kappa shape index (κ1) is 21.5. The second-order valence-corrected chi connectivity index (χ2v) is 8.14. The molecular formula is C17H21FN4O5S. The molecular weight excluding hydrogens is 391 g/mol. The Morgan fingerprint density at radius 1 is 1.25 bits per heavy atom. The van der Waals surface area contributed by atoms with Crippen molar-refractivity contribution in [2.45, 2.75) is 18.7 Å². The van der Waals surface area contributed by atoms with Gasteiger partial charge < -0.3 is 10.1 Å². The predicted octanol–water partition coefficient (Wildman–Crippen LogP) is 0.978. The summed E-state index contributed by atoms with van der Waals surface area (Å²) >= 11 is 0. The first-order valence-corrected chi connectivity index (χ1v) is 9.64. The molecule has 28 heavy (non-hydrogen) atoms. The molecule has 0 aliphatic rings. The highest BCUT2D eigenvalue weighted by Gasteiger charge is 2.24. The summed E-state index contributed by atoms with van der Waals surface area (Å²) in [5.74, 6) is -2.05. The average molecular weight is 412 g/mol. The Hall–Kier alpha value is -2.79. The second-order valence-electron chi connectivity index (χ2n) is 6.09. The van der Waals surface area contributed by atoms with Gasteiger partial charge in [0.15, 0.2) is 6.61 Å². The van der Waals surface area contributed by atoms with Gasteiger partial charge in [0.05, 0.1) is 22.0 Å². The quantitative estimate of drug-likeness (QED) is 0.679. The standard InChI is InChI=1S/C17H21FN4O5S/c1-11-17(12(2)22(4)20-11)19-15(23)10-27-16(24)9-21(3)28(25,26)14-7-5-13(18)6-8-14/h5-8H,9-10H2,1-4H3,(H,19,23). The van der Waals surface area contributed by atoms with Gasteiger partial charge in [-0.2, -0.15) is 9.40 Å². The van der Waals surface area contributed by atoms with Crippen molar-refractivity contribution in [1.29, 1.82) is 0 Å². The van der Waals surface area contributed by atoms with Crippen LogP contribution in [0.2, 0.25) is 0 Å². The number of carbonyl (C=O) groups is 2. The number of anilines is 1. The number of hydrogen-bond donors (Lipinski definition) is 1. The van der Waals surface area contributed by atoms with Gasteiger partial charge in [-0.25, -0.2) is 12.8 Å². The summed E-state index contributed by atoms with van der Waals surface area (Å²) in [5, 5.41) is 6.76. The lowest BCUT2D eigenvalue weighted by atomic mass is 10.3. The Balaban J connectivity index is 1.91. The molecule has 0 aliphatic heterocycles. The van der Waals surface area contributed by atoms with Gasteiger partial charge in [-0.1, -0.05) is 0 Å². The van der Waals surface area contributed by atoms with Crippen LogP contribution in [0, 0.1) is 19.7 Å². The molecule has 0 unspecified atom stereocenters. The summed E-state index contributed by atoms with van der Waals surface area (Å²) in [5.41, 5.74) is 1.88. The molecule has 152 valence electrons. The molecule has 0 atom stereocenters. The summed E-state index contributed by atoms with van der Waals surface area (Å²) in [7, 11) is -1.08. The fraction of sp³-hybridized carbons (Fsp3) is 0.353. The maximum absolute atomic E-state index is 12.9. The highest BCUT2D eigenvalue weighted by molar-refractivity contribution is 7.89. The summed E-state index contributed by atoms with van der Waals surface area (Å²) in [6.07, 6.45) is 0. The molecule has 1 aromatic heterocycles. The van der Waals surface area contributed by atoms with Crippen LogP contribution in [0.3, 0.4) is 0 Å². The van der Waals surface area contributed by atoms with E-state index in [1.807, 2.05) is 0 Å². The number of ether oxygens (including phenoxy) is 1. The van der Waals surface area contributed by atoms with Crippen molar-refractivity contribution in [1.82, 2.24) is 14.1 Å². The SMILES string of the molecule is Cc1nn(C)c(C)c1NC(=O)COC(=O)CN(C)S(=O)(=O)c1ccc(F)cc1. The zero-order valence-electron chi connectivity index (χ0n) is 15.9. The molecule has 11 heteroatoms. The van der Waals surface area contributed by atoms with Gasteiger partial charge >= 0.3 is 5.97 Å². The normalized spacial score (nSPS) is 11.5. The fourth-order valence-corrected chi connectivity index (χ4v) is 3.49. The van der Waals surface area contributed by atoms with E-state index in [0.29, 0.717) is 11.4 Å². The Bertz CT molecular complexity index is 986. The van der Waals surface area contributed by atoms with Crippen LogP contribution in [0.25, 0.3) is 0 Å². The summed E-state index contributed by atoms with van der Waals surface area (Å²) in [6, 6.07) is 4.20. The third-order valence-corrected chi connectivity index (χ3v) is 5.83. The van der Waals surface area contributed by atoms with Crippen LogP contribution in [0.4, 0.5) is 10.1 Å². The average Bonchev–Trinajstić information content (AvgIpc) is 2.86. The molecule has 2 rings (SSSR count). The van der Waals surface area contributed by atoms with Crippen molar-refractivity contribution in [3.8, 4) is 0 Å². The summed E-state index contributed by atoms with van der Waals surface area (Å²) < 4.78 is 44.8. The van der Waals surface area contributed by atoms with Crippen LogP contribution in [-0.2, 0) is 31.4 Å². The van der Waals surface area contributed by atoms with Crippen LogP contribution in [0.15, 0.2) is 29.2 Å². The first-order valence-electron chi connectivity index (χ1n) is 8.20. The van der Waals surface area contributed by atoms with Crippen LogP contribution >= 0.6 is 0 Å². The minimum Gasteiger partial charge on any atom is -0.455 e. The van der Waals surface area contributed by atoms with Crippen LogP contribution in [-0.4, -0.2) is 54.6 Å². The molecule has 2 aromatic rings. The zero-order chi connectivity index (χ0) is 21.1. The van der Waals surface area contributed by atoms with Crippen LogP contribution in [0.5, 0.6) is 0 Å². The molecule has 0 spiro atoms. The number of amides is 1. The predicted molar refractivity (Wildman–Crippen MR) is 98.5 cm³/mol. The Morgan fingerprint density at radius 3 is 2.39 bits per heavy atom. The van der Waals surface area contributed by atoms with Gasteiger partial charge in [-0.05, 0) is 38.1 Å². The molecule has 1 aromatic carbocycles. The van der Waals surface area contributed by atoms with Crippen molar-refractivity contribution < 1.29 is 27.1 Å². The van der Waals surface area contributed by atoms with E-state index in [1.165, 1.54) is 7.05 Å². The van der Waals surface area contributed by atoms with Gasteiger partial charge in [0.2, 0.25) is 10.0 Å². The van der Waals surface area contributed by atoms with Crippen LogP contribution < -0.4 is 5.32 Å². The summed E-state index contributed by atoms with van der Waals surface area (Å²) in [4.78, 5) is 23.7. The molecule has 0 radical (unpaired) electrons. The number of nitrogens with one attached hydrogen (secondary N) is 1. The Kier molecular flexibility index (Phi) is 6.52. The van der Waals surface area contributed by atoms with Crippen molar-refractivity contribution in [2.24, 2.45) is 7.05 Å². The molecule has 1 heterocycles. The second kappa shape index (κ2) is 8.48. The third-order valence-electron chi connectivity index (χ3n) is 4.01. The molecule has 0 fully saturated rings. The monoisotopic (exact) mass is 412 g/mol. The smallest absolute Gasteiger partial charge is 0.321 e. The number of likely N-dealkylation sites (N-methyl/N-ethyl adjacent to an activating group) is 1. The van der Waals surface area contributed by atoms with Gasteiger partial charge in [0.25, 0.3) is 5.91 Å². The van der Waals surface area contributed by atoms with E-state index in [0.717, 1.165) is 34.3 Å². The molecule has 1 amide bonds. The topological polar surface area (TPSA) is 111 Å². The number of carbonyl (C=O) groups excluding carboxylic acids is 2. The number of esters is 1. The van der Waals surface area contributed by atoms with Crippen molar-refractivity contribution in [2.75, 3.05) is 25.5 Å². The number of halogens is 1. The minimum absolute atomic E-state index is 0.163. The van der Waals surface area contributed by atoms with Crippen LogP contribution in [0.1, 0.15) is 11.4 Å². The molecule has 0 saturated carbocycles. The zero-order valence-corrected chi connectivity index (χ0v) is 16.7. The highest BCUT2D eigenvalue weighted by atomic mass is 32.2. The third kappa shape index (κ3) is 4.93.